The summed E-state index contributed by atoms with van der Waals surface area (Å²) in [5.74, 6) is 0. The summed E-state index contributed by atoms with van der Waals surface area (Å²) in [6, 6.07) is 3.36. The quantitative estimate of drug-likeness (QED) is 0.738. The van der Waals surface area contributed by atoms with Crippen LogP contribution in [0.25, 0.3) is 0 Å². The van der Waals surface area contributed by atoms with Gasteiger partial charge in [-0.1, -0.05) is 25.8 Å². The Morgan fingerprint density at radius 2 is 2.31 bits per heavy atom. The number of nitrogens with two attached hydrogens (primary N) is 1. The summed E-state index contributed by atoms with van der Waals surface area (Å²) < 4.78 is 0. The van der Waals surface area contributed by atoms with Crippen LogP contribution in [0.5, 0.6) is 0 Å². The van der Waals surface area contributed by atoms with Crippen molar-refractivity contribution in [1.29, 1.82) is 0 Å². The number of H-pyrrole nitrogens is 1. The Bertz CT molecular complexity index is 286. The molecule has 72 valence electrons. The first-order valence-corrected chi connectivity index (χ1v) is 4.68. The highest BCUT2D eigenvalue weighted by Crippen LogP contribution is 2.13. The van der Waals surface area contributed by atoms with Crippen molar-refractivity contribution >= 4 is 0 Å². The Balaban J connectivity index is 2.60. The lowest BCUT2D eigenvalue weighted by Gasteiger charge is -2.09. The van der Waals surface area contributed by atoms with Gasteiger partial charge in [-0.25, -0.2) is 0 Å². The molecule has 1 unspecified atom stereocenters. The van der Waals surface area contributed by atoms with E-state index in [0.29, 0.717) is 0 Å². The van der Waals surface area contributed by atoms with E-state index in [9.17, 15) is 4.79 Å². The molecule has 1 aromatic heterocycles. The molecule has 0 bridgehead atoms. The van der Waals surface area contributed by atoms with E-state index in [-0.39, 0.29) is 11.6 Å². The van der Waals surface area contributed by atoms with Gasteiger partial charge in [0.2, 0.25) is 5.56 Å². The van der Waals surface area contributed by atoms with E-state index in [1.807, 2.05) is 0 Å². The maximum Gasteiger partial charge on any atom is 0.247 e. The summed E-state index contributed by atoms with van der Waals surface area (Å²) in [4.78, 5) is 13.4. The van der Waals surface area contributed by atoms with Crippen LogP contribution in [0.15, 0.2) is 23.1 Å². The maximum absolute atomic E-state index is 10.8. The fourth-order valence-corrected chi connectivity index (χ4v) is 1.24. The van der Waals surface area contributed by atoms with Crippen LogP contribution < -0.4 is 11.3 Å². The monoisotopic (exact) mass is 180 g/mol. The van der Waals surface area contributed by atoms with E-state index >= 15 is 0 Å². The molecule has 0 fully saturated rings. The molecule has 1 atom stereocenters. The largest absolute Gasteiger partial charge is 0.329 e. The van der Waals surface area contributed by atoms with Gasteiger partial charge in [0.05, 0.1) is 0 Å². The third-order valence-electron chi connectivity index (χ3n) is 2.11. The molecule has 3 N–H and O–H groups in total. The number of nitrogens with one attached hydrogen (secondary N) is 1. The van der Waals surface area contributed by atoms with Gasteiger partial charge in [-0.3, -0.25) is 4.79 Å². The number of rotatable bonds is 4. The molecule has 0 aliphatic rings. The second-order valence-corrected chi connectivity index (χ2v) is 3.23. The van der Waals surface area contributed by atoms with Crippen molar-refractivity contribution < 1.29 is 0 Å². The smallest absolute Gasteiger partial charge is 0.247 e. The average molecular weight is 180 g/mol. The summed E-state index contributed by atoms with van der Waals surface area (Å²) in [6.45, 7) is 2.14. The summed E-state index contributed by atoms with van der Waals surface area (Å²) in [7, 11) is 0. The average Bonchev–Trinajstić information content (AvgIpc) is 2.15. The molecule has 0 saturated carbocycles. The predicted molar refractivity (Wildman–Crippen MR) is 53.5 cm³/mol. The second-order valence-electron chi connectivity index (χ2n) is 3.23. The Morgan fingerprint density at radius 3 is 2.85 bits per heavy atom. The van der Waals surface area contributed by atoms with E-state index in [2.05, 4.69) is 11.9 Å². The zero-order valence-electron chi connectivity index (χ0n) is 7.92. The first kappa shape index (κ1) is 9.99. The Hall–Kier alpha value is -1.09. The number of hydrogen-bond acceptors (Lipinski definition) is 2. The van der Waals surface area contributed by atoms with Crippen LogP contribution in [0, 0.1) is 0 Å². The van der Waals surface area contributed by atoms with Gasteiger partial charge >= 0.3 is 0 Å². The summed E-state index contributed by atoms with van der Waals surface area (Å²) >= 11 is 0. The van der Waals surface area contributed by atoms with Crippen LogP contribution in [0.3, 0.4) is 0 Å². The molecule has 0 aromatic carbocycles. The molecule has 13 heavy (non-hydrogen) atoms. The normalized spacial score (nSPS) is 12.8. The van der Waals surface area contributed by atoms with Crippen LogP contribution in [-0.2, 0) is 0 Å². The molecule has 0 aliphatic carbocycles. The Morgan fingerprint density at radius 1 is 1.54 bits per heavy atom. The maximum atomic E-state index is 10.8. The van der Waals surface area contributed by atoms with Crippen LogP contribution in [0.1, 0.15) is 37.8 Å². The van der Waals surface area contributed by atoms with Crippen molar-refractivity contribution in [3.05, 3.63) is 34.2 Å². The first-order chi connectivity index (χ1) is 6.24. The summed E-state index contributed by atoms with van der Waals surface area (Å²) in [5, 5.41) is 0. The van der Waals surface area contributed by atoms with Gasteiger partial charge in [-0.15, -0.1) is 0 Å². The molecule has 0 radical (unpaired) electrons. The van der Waals surface area contributed by atoms with Crippen molar-refractivity contribution in [2.45, 2.75) is 32.2 Å². The van der Waals surface area contributed by atoms with E-state index in [1.54, 1.807) is 12.3 Å². The summed E-state index contributed by atoms with van der Waals surface area (Å²) in [5.41, 5.74) is 6.84. The number of pyridine rings is 1. The standard InChI is InChI=1S/C10H16N2O/c1-2-3-4-9(11)8-5-6-10(13)12-7-8/h5-7,9H,2-4,11H2,1H3,(H,12,13). The zero-order chi connectivity index (χ0) is 9.68. The van der Waals surface area contributed by atoms with Gasteiger partial charge in [-0.05, 0) is 12.0 Å². The van der Waals surface area contributed by atoms with Crippen molar-refractivity contribution in [3.8, 4) is 0 Å². The van der Waals surface area contributed by atoms with Crippen LogP contribution in [0.4, 0.5) is 0 Å². The highest BCUT2D eigenvalue weighted by Gasteiger charge is 2.04. The van der Waals surface area contributed by atoms with Crippen molar-refractivity contribution in [2.75, 3.05) is 0 Å². The summed E-state index contributed by atoms with van der Waals surface area (Å²) in [6.07, 6.45) is 4.95. The van der Waals surface area contributed by atoms with Gasteiger partial charge in [0.1, 0.15) is 0 Å². The van der Waals surface area contributed by atoms with E-state index in [4.69, 9.17) is 5.73 Å². The number of unbranched alkanes of at least 4 members (excludes halogenated alkanes) is 1. The molecule has 0 amide bonds. The molecule has 1 rings (SSSR count). The van der Waals surface area contributed by atoms with Crippen molar-refractivity contribution in [3.63, 3.8) is 0 Å². The van der Waals surface area contributed by atoms with Gasteiger partial charge in [0.15, 0.2) is 0 Å². The minimum atomic E-state index is -0.0774. The molecule has 0 spiro atoms. The van der Waals surface area contributed by atoms with Gasteiger partial charge < -0.3 is 10.7 Å². The Labute approximate surface area is 78.0 Å². The minimum absolute atomic E-state index is 0.0526. The van der Waals surface area contributed by atoms with Crippen LogP contribution in [-0.4, -0.2) is 4.98 Å². The number of aromatic amines is 1. The molecule has 3 heteroatoms. The lowest BCUT2D eigenvalue weighted by molar-refractivity contribution is 0.601. The lowest BCUT2D eigenvalue weighted by atomic mass is 10.0. The Kier molecular flexibility index (Phi) is 3.71. The van der Waals surface area contributed by atoms with E-state index in [1.165, 1.54) is 6.07 Å². The second kappa shape index (κ2) is 4.82. The first-order valence-electron chi connectivity index (χ1n) is 4.68. The lowest BCUT2D eigenvalue weighted by Crippen LogP contribution is -2.12. The van der Waals surface area contributed by atoms with Crippen molar-refractivity contribution in [2.24, 2.45) is 5.73 Å². The minimum Gasteiger partial charge on any atom is -0.329 e. The molecular weight excluding hydrogens is 164 g/mol. The highest BCUT2D eigenvalue weighted by atomic mass is 16.1. The molecule has 0 saturated heterocycles. The molecular formula is C10H16N2O. The fraction of sp³-hybridized carbons (Fsp3) is 0.500. The molecule has 0 aliphatic heterocycles. The fourth-order valence-electron chi connectivity index (χ4n) is 1.24. The van der Waals surface area contributed by atoms with E-state index < -0.39 is 0 Å². The van der Waals surface area contributed by atoms with Crippen molar-refractivity contribution in [1.82, 2.24) is 4.98 Å². The molecule has 1 heterocycles. The molecule has 1 aromatic rings. The van der Waals surface area contributed by atoms with Gasteiger partial charge in [0, 0.05) is 18.3 Å². The predicted octanol–water partition coefficient (Wildman–Crippen LogP) is 1.56. The highest BCUT2D eigenvalue weighted by molar-refractivity contribution is 5.12. The molecule has 3 nitrogen and oxygen atoms in total. The zero-order valence-corrected chi connectivity index (χ0v) is 7.92. The van der Waals surface area contributed by atoms with Gasteiger partial charge in [0.25, 0.3) is 0 Å². The van der Waals surface area contributed by atoms with Crippen LogP contribution >= 0.6 is 0 Å². The van der Waals surface area contributed by atoms with E-state index in [0.717, 1.165) is 24.8 Å². The SMILES string of the molecule is CCCCC(N)c1ccc(=O)[nH]c1. The topological polar surface area (TPSA) is 58.9 Å². The van der Waals surface area contributed by atoms with Gasteiger partial charge in [-0.2, -0.15) is 0 Å². The third-order valence-corrected chi connectivity index (χ3v) is 2.11. The number of aromatic nitrogens is 1. The van der Waals surface area contributed by atoms with Crippen LogP contribution in [0.2, 0.25) is 0 Å². The number of hydrogen-bond donors (Lipinski definition) is 2. The third kappa shape index (κ3) is 3.03.